The summed E-state index contributed by atoms with van der Waals surface area (Å²) in [4.78, 5) is 2.51. The Balaban J connectivity index is 1.46. The van der Waals surface area contributed by atoms with Crippen LogP contribution in [0.2, 0.25) is 5.02 Å². The SMILES string of the molecule is Clc1ccc(OCCN2CC3CNCC3C2)c(Br)c1. The number of nitrogens with zero attached hydrogens (tertiary/aromatic N) is 1. The second kappa shape index (κ2) is 6.00. The Hall–Kier alpha value is -0.290. The third-order valence-corrected chi connectivity index (χ3v) is 4.88. The molecule has 2 fully saturated rings. The minimum absolute atomic E-state index is 0.721. The molecule has 1 N–H and O–H groups in total. The Kier molecular flexibility index (Phi) is 4.32. The van der Waals surface area contributed by atoms with Crippen molar-refractivity contribution in [2.45, 2.75) is 0 Å². The molecule has 0 aliphatic carbocycles. The molecule has 1 aromatic carbocycles. The molecule has 2 unspecified atom stereocenters. The first-order valence-electron chi connectivity index (χ1n) is 6.73. The summed E-state index contributed by atoms with van der Waals surface area (Å²) in [7, 11) is 0. The summed E-state index contributed by atoms with van der Waals surface area (Å²) in [5, 5.41) is 4.18. The highest BCUT2D eigenvalue weighted by Crippen LogP contribution is 2.29. The summed E-state index contributed by atoms with van der Waals surface area (Å²) in [5.41, 5.74) is 0. The lowest BCUT2D eigenvalue weighted by atomic mass is 10.0. The maximum Gasteiger partial charge on any atom is 0.133 e. The van der Waals surface area contributed by atoms with Crippen molar-refractivity contribution in [2.24, 2.45) is 11.8 Å². The van der Waals surface area contributed by atoms with Crippen molar-refractivity contribution in [3.05, 3.63) is 27.7 Å². The Morgan fingerprint density at radius 2 is 2.05 bits per heavy atom. The number of ether oxygens (including phenoxy) is 1. The molecule has 0 saturated carbocycles. The van der Waals surface area contributed by atoms with Crippen molar-refractivity contribution >= 4 is 27.5 Å². The van der Waals surface area contributed by atoms with E-state index in [1.165, 1.54) is 26.2 Å². The van der Waals surface area contributed by atoms with Gasteiger partial charge in [-0.15, -0.1) is 0 Å². The van der Waals surface area contributed by atoms with Crippen molar-refractivity contribution in [2.75, 3.05) is 39.3 Å². The van der Waals surface area contributed by atoms with E-state index in [1.807, 2.05) is 18.2 Å². The topological polar surface area (TPSA) is 24.5 Å². The molecule has 2 aliphatic rings. The zero-order chi connectivity index (χ0) is 13.2. The summed E-state index contributed by atoms with van der Waals surface area (Å²) in [6.07, 6.45) is 0. The van der Waals surface area contributed by atoms with Gasteiger partial charge in [-0.05, 0) is 59.1 Å². The van der Waals surface area contributed by atoms with E-state index in [0.29, 0.717) is 0 Å². The maximum absolute atomic E-state index is 5.91. The van der Waals surface area contributed by atoms with E-state index in [0.717, 1.165) is 40.2 Å². The smallest absolute Gasteiger partial charge is 0.133 e. The Morgan fingerprint density at radius 1 is 1.32 bits per heavy atom. The Morgan fingerprint density at radius 3 is 2.74 bits per heavy atom. The second-order valence-corrected chi connectivity index (χ2v) is 6.65. The predicted molar refractivity (Wildman–Crippen MR) is 80.9 cm³/mol. The van der Waals surface area contributed by atoms with Crippen molar-refractivity contribution < 1.29 is 4.74 Å². The normalized spacial score (nSPS) is 26.6. The number of hydrogen-bond donors (Lipinski definition) is 1. The van der Waals surface area contributed by atoms with Crippen LogP contribution < -0.4 is 10.1 Å². The van der Waals surface area contributed by atoms with Gasteiger partial charge >= 0.3 is 0 Å². The highest BCUT2D eigenvalue weighted by Gasteiger charge is 2.35. The van der Waals surface area contributed by atoms with Gasteiger partial charge in [0.1, 0.15) is 12.4 Å². The van der Waals surface area contributed by atoms with Crippen LogP contribution in [-0.4, -0.2) is 44.2 Å². The van der Waals surface area contributed by atoms with Crippen LogP contribution in [0.15, 0.2) is 22.7 Å². The van der Waals surface area contributed by atoms with Crippen LogP contribution >= 0.6 is 27.5 Å². The Bertz CT molecular complexity index is 445. The molecule has 104 valence electrons. The van der Waals surface area contributed by atoms with Crippen LogP contribution in [0.4, 0.5) is 0 Å². The van der Waals surface area contributed by atoms with Gasteiger partial charge < -0.3 is 10.1 Å². The van der Waals surface area contributed by atoms with Gasteiger partial charge in [-0.1, -0.05) is 11.6 Å². The van der Waals surface area contributed by atoms with Crippen LogP contribution in [0.5, 0.6) is 5.75 Å². The van der Waals surface area contributed by atoms with Crippen molar-refractivity contribution in [3.8, 4) is 5.75 Å². The lowest BCUT2D eigenvalue weighted by Gasteiger charge is -2.17. The first kappa shape index (κ1) is 13.7. The number of likely N-dealkylation sites (tertiary alicyclic amines) is 1. The second-order valence-electron chi connectivity index (χ2n) is 5.36. The fraction of sp³-hybridized carbons (Fsp3) is 0.571. The monoisotopic (exact) mass is 344 g/mol. The molecule has 1 aromatic rings. The van der Waals surface area contributed by atoms with Gasteiger partial charge in [0.25, 0.3) is 0 Å². The molecule has 0 spiro atoms. The van der Waals surface area contributed by atoms with E-state index in [-0.39, 0.29) is 0 Å². The minimum Gasteiger partial charge on any atom is -0.491 e. The first-order chi connectivity index (χ1) is 9.22. The van der Waals surface area contributed by atoms with Crippen molar-refractivity contribution in [3.63, 3.8) is 0 Å². The number of hydrogen-bond acceptors (Lipinski definition) is 3. The van der Waals surface area contributed by atoms with Crippen LogP contribution in [0.25, 0.3) is 0 Å². The molecule has 2 aliphatic heterocycles. The minimum atomic E-state index is 0.721. The summed E-state index contributed by atoms with van der Waals surface area (Å²) < 4.78 is 6.73. The van der Waals surface area contributed by atoms with Crippen molar-refractivity contribution in [1.82, 2.24) is 10.2 Å². The van der Waals surface area contributed by atoms with Gasteiger partial charge in [-0.3, -0.25) is 4.90 Å². The summed E-state index contributed by atoms with van der Waals surface area (Å²) in [6, 6.07) is 5.63. The predicted octanol–water partition coefficient (Wildman–Crippen LogP) is 2.63. The molecule has 19 heavy (non-hydrogen) atoms. The third kappa shape index (κ3) is 3.24. The van der Waals surface area contributed by atoms with Crippen LogP contribution in [0.1, 0.15) is 0 Å². The highest BCUT2D eigenvalue weighted by atomic mass is 79.9. The van der Waals surface area contributed by atoms with Crippen LogP contribution in [-0.2, 0) is 0 Å². The number of fused-ring (bicyclic) bond motifs is 1. The number of halogens is 2. The first-order valence-corrected chi connectivity index (χ1v) is 7.90. The zero-order valence-electron chi connectivity index (χ0n) is 10.7. The molecule has 2 saturated heterocycles. The number of benzene rings is 1. The molecular formula is C14H18BrClN2O. The molecule has 3 rings (SSSR count). The van der Waals surface area contributed by atoms with Crippen LogP contribution in [0, 0.1) is 11.8 Å². The standard InChI is InChI=1S/C14H18BrClN2O/c15-13-5-12(16)1-2-14(13)19-4-3-18-8-10-6-17-7-11(10)9-18/h1-2,5,10-11,17H,3-4,6-9H2. The zero-order valence-corrected chi connectivity index (χ0v) is 13.1. The highest BCUT2D eigenvalue weighted by molar-refractivity contribution is 9.10. The van der Waals surface area contributed by atoms with Crippen LogP contribution in [0.3, 0.4) is 0 Å². The molecule has 0 amide bonds. The van der Waals surface area contributed by atoms with E-state index in [4.69, 9.17) is 16.3 Å². The van der Waals surface area contributed by atoms with E-state index < -0.39 is 0 Å². The average Bonchev–Trinajstić information content (AvgIpc) is 2.92. The third-order valence-electron chi connectivity index (χ3n) is 4.02. The lowest BCUT2D eigenvalue weighted by Crippen LogP contribution is -2.29. The molecule has 2 heterocycles. The molecule has 0 aromatic heterocycles. The summed E-state index contributed by atoms with van der Waals surface area (Å²) >= 11 is 9.38. The van der Waals surface area contributed by atoms with Gasteiger partial charge in [-0.25, -0.2) is 0 Å². The average molecular weight is 346 g/mol. The van der Waals surface area contributed by atoms with Crippen molar-refractivity contribution in [1.29, 1.82) is 0 Å². The Labute approximate surface area is 127 Å². The van der Waals surface area contributed by atoms with Gasteiger partial charge in [0.05, 0.1) is 4.47 Å². The molecule has 0 radical (unpaired) electrons. The quantitative estimate of drug-likeness (QED) is 0.908. The lowest BCUT2D eigenvalue weighted by molar-refractivity contribution is 0.227. The molecule has 2 atom stereocenters. The van der Waals surface area contributed by atoms with E-state index in [2.05, 4.69) is 26.1 Å². The fourth-order valence-electron chi connectivity index (χ4n) is 3.01. The molecule has 3 nitrogen and oxygen atoms in total. The van der Waals surface area contributed by atoms with Gasteiger partial charge in [0.15, 0.2) is 0 Å². The van der Waals surface area contributed by atoms with E-state index >= 15 is 0 Å². The van der Waals surface area contributed by atoms with E-state index in [9.17, 15) is 0 Å². The summed E-state index contributed by atoms with van der Waals surface area (Å²) in [6.45, 7) is 6.52. The maximum atomic E-state index is 5.91. The van der Waals surface area contributed by atoms with Gasteiger partial charge in [0, 0.05) is 24.7 Å². The van der Waals surface area contributed by atoms with Gasteiger partial charge in [-0.2, -0.15) is 0 Å². The largest absolute Gasteiger partial charge is 0.491 e. The molecule has 0 bridgehead atoms. The number of rotatable bonds is 4. The van der Waals surface area contributed by atoms with E-state index in [1.54, 1.807) is 0 Å². The molecular weight excluding hydrogens is 328 g/mol. The summed E-state index contributed by atoms with van der Waals surface area (Å²) in [5.74, 6) is 2.56. The number of nitrogens with one attached hydrogen (secondary N) is 1. The fourth-order valence-corrected chi connectivity index (χ4v) is 3.81. The van der Waals surface area contributed by atoms with Gasteiger partial charge in [0.2, 0.25) is 0 Å². The molecule has 5 heteroatoms.